The summed E-state index contributed by atoms with van der Waals surface area (Å²) in [7, 11) is 0. The van der Waals surface area contributed by atoms with Crippen molar-refractivity contribution >= 4 is 11.9 Å². The van der Waals surface area contributed by atoms with Crippen molar-refractivity contribution in [3.63, 3.8) is 0 Å². The Kier molecular flexibility index (Phi) is 4.75. The van der Waals surface area contributed by atoms with E-state index in [4.69, 9.17) is 5.11 Å². The number of aliphatic carboxylic acids is 1. The van der Waals surface area contributed by atoms with Gasteiger partial charge in [0.25, 0.3) is 0 Å². The maximum absolute atomic E-state index is 10.6. The Hall–Kier alpha value is -2.58. The Bertz CT molecular complexity index is 626. The first-order valence-electron chi connectivity index (χ1n) is 6.69. The van der Waals surface area contributed by atoms with E-state index in [1.54, 1.807) is 6.20 Å². The van der Waals surface area contributed by atoms with E-state index in [2.05, 4.69) is 30.8 Å². The Balaban J connectivity index is 1.99. The first-order valence-corrected chi connectivity index (χ1v) is 6.69. The molecule has 0 aromatic carbocycles. The molecule has 2 aromatic heterocycles. The SMILES string of the molecule is CCc1nnc(NCc2cn(CC(=O)O)nn2)nc1CC. The molecule has 0 unspecified atom stereocenters. The number of nitrogens with zero attached hydrogens (tertiary/aromatic N) is 6. The largest absolute Gasteiger partial charge is 0.480 e. The fourth-order valence-electron chi connectivity index (χ4n) is 1.82. The predicted molar refractivity (Wildman–Crippen MR) is 73.6 cm³/mol. The molecule has 2 rings (SSSR count). The highest BCUT2D eigenvalue weighted by Crippen LogP contribution is 2.07. The molecule has 0 saturated heterocycles. The predicted octanol–water partition coefficient (Wildman–Crippen LogP) is 0.285. The summed E-state index contributed by atoms with van der Waals surface area (Å²) < 4.78 is 1.26. The zero-order valence-electron chi connectivity index (χ0n) is 11.9. The average molecular weight is 291 g/mol. The van der Waals surface area contributed by atoms with E-state index >= 15 is 0 Å². The molecule has 0 aliphatic carbocycles. The number of nitrogens with one attached hydrogen (secondary N) is 1. The van der Waals surface area contributed by atoms with E-state index in [9.17, 15) is 4.79 Å². The van der Waals surface area contributed by atoms with Crippen molar-refractivity contribution in [2.75, 3.05) is 5.32 Å². The number of carbonyl (C=O) groups is 1. The van der Waals surface area contributed by atoms with Crippen LogP contribution in [0.5, 0.6) is 0 Å². The number of aromatic nitrogens is 6. The minimum atomic E-state index is -0.963. The van der Waals surface area contributed by atoms with Crippen LogP contribution in [0, 0.1) is 0 Å². The van der Waals surface area contributed by atoms with Crippen LogP contribution in [0.1, 0.15) is 30.9 Å². The summed E-state index contributed by atoms with van der Waals surface area (Å²) in [6.45, 7) is 4.18. The van der Waals surface area contributed by atoms with Gasteiger partial charge in [-0.3, -0.25) is 4.79 Å². The third kappa shape index (κ3) is 3.94. The van der Waals surface area contributed by atoms with Crippen molar-refractivity contribution in [3.05, 3.63) is 23.3 Å². The van der Waals surface area contributed by atoms with Crippen molar-refractivity contribution in [2.45, 2.75) is 39.8 Å². The Morgan fingerprint density at radius 2 is 2.00 bits per heavy atom. The lowest BCUT2D eigenvalue weighted by molar-refractivity contribution is -0.137. The van der Waals surface area contributed by atoms with Crippen LogP contribution in [-0.2, 0) is 30.7 Å². The van der Waals surface area contributed by atoms with Gasteiger partial charge in [0.15, 0.2) is 0 Å². The molecule has 2 aromatic rings. The lowest BCUT2D eigenvalue weighted by atomic mass is 10.2. The fraction of sp³-hybridized carbons (Fsp3) is 0.500. The van der Waals surface area contributed by atoms with Gasteiger partial charge in [-0.25, -0.2) is 9.67 Å². The third-order valence-electron chi connectivity index (χ3n) is 2.82. The number of hydrogen-bond acceptors (Lipinski definition) is 7. The van der Waals surface area contributed by atoms with Crippen molar-refractivity contribution in [3.8, 4) is 0 Å². The summed E-state index contributed by atoms with van der Waals surface area (Å²) in [5.41, 5.74) is 2.43. The summed E-state index contributed by atoms with van der Waals surface area (Å²) in [5.74, 6) is -0.536. The lowest BCUT2D eigenvalue weighted by Crippen LogP contribution is -2.10. The molecule has 2 heterocycles. The van der Waals surface area contributed by atoms with Gasteiger partial charge in [-0.05, 0) is 12.8 Å². The van der Waals surface area contributed by atoms with Gasteiger partial charge in [-0.15, -0.1) is 10.2 Å². The number of carboxylic acid groups (broad SMARTS) is 1. The smallest absolute Gasteiger partial charge is 0.325 e. The van der Waals surface area contributed by atoms with Gasteiger partial charge in [-0.1, -0.05) is 19.1 Å². The monoisotopic (exact) mass is 291 g/mol. The maximum atomic E-state index is 10.6. The lowest BCUT2D eigenvalue weighted by Gasteiger charge is -2.06. The molecule has 112 valence electrons. The zero-order chi connectivity index (χ0) is 15.2. The van der Waals surface area contributed by atoms with Crippen molar-refractivity contribution in [1.82, 2.24) is 30.2 Å². The Morgan fingerprint density at radius 3 is 2.67 bits per heavy atom. The van der Waals surface area contributed by atoms with Crippen molar-refractivity contribution in [1.29, 1.82) is 0 Å². The van der Waals surface area contributed by atoms with Crippen LogP contribution in [0.3, 0.4) is 0 Å². The van der Waals surface area contributed by atoms with E-state index < -0.39 is 5.97 Å². The van der Waals surface area contributed by atoms with Crippen molar-refractivity contribution < 1.29 is 9.90 Å². The molecule has 9 nitrogen and oxygen atoms in total. The van der Waals surface area contributed by atoms with Crippen LogP contribution >= 0.6 is 0 Å². The molecule has 21 heavy (non-hydrogen) atoms. The first kappa shape index (κ1) is 14.8. The average Bonchev–Trinajstić information content (AvgIpc) is 2.91. The van der Waals surface area contributed by atoms with Gasteiger partial charge < -0.3 is 10.4 Å². The van der Waals surface area contributed by atoms with Crippen LogP contribution in [0.2, 0.25) is 0 Å². The fourth-order valence-corrected chi connectivity index (χ4v) is 1.82. The highest BCUT2D eigenvalue weighted by molar-refractivity contribution is 5.66. The quantitative estimate of drug-likeness (QED) is 0.746. The maximum Gasteiger partial charge on any atom is 0.325 e. The molecule has 2 N–H and O–H groups in total. The second-order valence-electron chi connectivity index (χ2n) is 4.39. The number of hydrogen-bond donors (Lipinski definition) is 2. The number of carboxylic acids is 1. The molecule has 0 aliphatic rings. The summed E-state index contributed by atoms with van der Waals surface area (Å²) in [5, 5.41) is 27.4. The van der Waals surface area contributed by atoms with Gasteiger partial charge in [0.05, 0.1) is 24.1 Å². The first-order chi connectivity index (χ1) is 10.1. The molecule has 0 bridgehead atoms. The van der Waals surface area contributed by atoms with Crippen LogP contribution in [-0.4, -0.2) is 41.3 Å². The van der Waals surface area contributed by atoms with Gasteiger partial charge in [0.1, 0.15) is 12.2 Å². The number of rotatable bonds is 7. The molecule has 0 fully saturated rings. The Labute approximate surface area is 121 Å². The van der Waals surface area contributed by atoms with E-state index in [1.807, 2.05) is 13.8 Å². The second kappa shape index (κ2) is 6.73. The van der Waals surface area contributed by atoms with Crippen LogP contribution in [0.25, 0.3) is 0 Å². The van der Waals surface area contributed by atoms with E-state index in [0.29, 0.717) is 18.2 Å². The Morgan fingerprint density at radius 1 is 1.24 bits per heavy atom. The molecule has 0 atom stereocenters. The highest BCUT2D eigenvalue weighted by atomic mass is 16.4. The molecular weight excluding hydrogens is 274 g/mol. The standard InChI is InChI=1S/C12H17N7O2/c1-3-9-10(4-2)16-17-12(14-9)13-5-8-6-19(18-15-8)7-11(20)21/h6H,3-5,7H2,1-2H3,(H,20,21)(H,13,14,17). The summed E-state index contributed by atoms with van der Waals surface area (Å²) in [4.78, 5) is 15.0. The summed E-state index contributed by atoms with van der Waals surface area (Å²) in [6, 6.07) is 0. The molecule has 9 heteroatoms. The number of aryl methyl sites for hydroxylation is 2. The molecule has 0 amide bonds. The van der Waals surface area contributed by atoms with Crippen molar-refractivity contribution in [2.24, 2.45) is 0 Å². The van der Waals surface area contributed by atoms with Gasteiger partial charge in [-0.2, -0.15) is 5.10 Å². The molecular formula is C12H17N7O2. The molecule has 0 radical (unpaired) electrons. The van der Waals surface area contributed by atoms with Crippen LogP contribution < -0.4 is 5.32 Å². The topological polar surface area (TPSA) is 119 Å². The minimum Gasteiger partial charge on any atom is -0.480 e. The summed E-state index contributed by atoms with van der Waals surface area (Å²) in [6.07, 6.45) is 3.16. The normalized spacial score (nSPS) is 10.6. The molecule has 0 aliphatic heterocycles. The molecule has 0 spiro atoms. The second-order valence-corrected chi connectivity index (χ2v) is 4.39. The highest BCUT2D eigenvalue weighted by Gasteiger charge is 2.08. The van der Waals surface area contributed by atoms with E-state index in [-0.39, 0.29) is 6.54 Å². The summed E-state index contributed by atoms with van der Waals surface area (Å²) >= 11 is 0. The van der Waals surface area contributed by atoms with Gasteiger partial charge in [0.2, 0.25) is 5.95 Å². The van der Waals surface area contributed by atoms with Gasteiger partial charge in [0, 0.05) is 0 Å². The zero-order valence-corrected chi connectivity index (χ0v) is 11.9. The van der Waals surface area contributed by atoms with E-state index in [0.717, 1.165) is 24.2 Å². The minimum absolute atomic E-state index is 0.212. The van der Waals surface area contributed by atoms with Crippen LogP contribution in [0.15, 0.2) is 6.20 Å². The van der Waals surface area contributed by atoms with Gasteiger partial charge >= 0.3 is 5.97 Å². The van der Waals surface area contributed by atoms with E-state index in [1.165, 1.54) is 4.68 Å². The molecule has 0 saturated carbocycles. The van der Waals surface area contributed by atoms with Crippen LogP contribution in [0.4, 0.5) is 5.95 Å². The third-order valence-corrected chi connectivity index (χ3v) is 2.82. The number of anilines is 1.